The maximum absolute atomic E-state index is 14.4. The first-order valence-electron chi connectivity index (χ1n) is 6.33. The van der Waals surface area contributed by atoms with Crippen molar-refractivity contribution in [3.63, 3.8) is 0 Å². The average Bonchev–Trinajstić information content (AvgIpc) is 2.37. The highest BCUT2D eigenvalue weighted by Gasteiger charge is 2.21. The summed E-state index contributed by atoms with van der Waals surface area (Å²) in [5.41, 5.74) is 3.67. The molecule has 0 fully saturated rings. The Morgan fingerprint density at radius 2 is 1.90 bits per heavy atom. The maximum Gasteiger partial charge on any atom is 0.128 e. The van der Waals surface area contributed by atoms with Crippen LogP contribution >= 0.6 is 38.5 Å². The number of benzene rings is 2. The Kier molecular flexibility index (Phi) is 5.20. The van der Waals surface area contributed by atoms with Crippen LogP contribution in [-0.2, 0) is 0 Å². The van der Waals surface area contributed by atoms with Crippen LogP contribution in [0.4, 0.5) is 4.39 Å². The lowest BCUT2D eigenvalue weighted by atomic mass is 9.93. The summed E-state index contributed by atoms with van der Waals surface area (Å²) in [6.45, 7) is 3.87. The van der Waals surface area contributed by atoms with E-state index in [-0.39, 0.29) is 11.9 Å². The van der Waals surface area contributed by atoms with Gasteiger partial charge in [0.25, 0.3) is 0 Å². The van der Waals surface area contributed by atoms with Crippen LogP contribution in [0.25, 0.3) is 0 Å². The fourth-order valence-corrected chi connectivity index (χ4v) is 3.47. The fourth-order valence-electron chi connectivity index (χ4n) is 2.48. The zero-order valence-corrected chi connectivity index (χ0v) is 15.3. The third kappa shape index (κ3) is 3.23. The molecule has 0 amide bonds. The van der Waals surface area contributed by atoms with Crippen LogP contribution in [0.5, 0.6) is 0 Å². The highest BCUT2D eigenvalue weighted by molar-refractivity contribution is 14.1. The van der Waals surface area contributed by atoms with Crippen LogP contribution in [0.3, 0.4) is 0 Å². The van der Waals surface area contributed by atoms with E-state index in [9.17, 15) is 4.39 Å². The molecule has 1 nitrogen and oxygen atoms in total. The molecule has 0 aliphatic rings. The van der Waals surface area contributed by atoms with Crippen molar-refractivity contribution < 1.29 is 4.39 Å². The van der Waals surface area contributed by atoms with E-state index in [0.29, 0.717) is 5.56 Å². The molecule has 0 aliphatic heterocycles. The monoisotopic (exact) mass is 447 g/mol. The zero-order chi connectivity index (χ0) is 14.9. The lowest BCUT2D eigenvalue weighted by Gasteiger charge is -2.22. The third-order valence-electron chi connectivity index (χ3n) is 3.33. The van der Waals surface area contributed by atoms with Crippen molar-refractivity contribution in [2.75, 3.05) is 7.05 Å². The Balaban J connectivity index is 2.61. The molecule has 106 valence electrons. The van der Waals surface area contributed by atoms with Gasteiger partial charge in [-0.3, -0.25) is 0 Å². The summed E-state index contributed by atoms with van der Waals surface area (Å²) in [6.07, 6.45) is 0. The number of hydrogen-bond donors (Lipinski definition) is 1. The van der Waals surface area contributed by atoms with E-state index in [4.69, 9.17) is 0 Å². The first kappa shape index (κ1) is 15.9. The van der Waals surface area contributed by atoms with Gasteiger partial charge in [-0.05, 0) is 84.4 Å². The minimum absolute atomic E-state index is 0.160. The van der Waals surface area contributed by atoms with E-state index < -0.39 is 0 Å². The summed E-state index contributed by atoms with van der Waals surface area (Å²) >= 11 is 5.84. The lowest BCUT2D eigenvalue weighted by molar-refractivity contribution is 0.571. The second-order valence-corrected chi connectivity index (χ2v) is 6.96. The SMILES string of the molecule is CNC(c1cc(I)ccc1Br)c1c(C)cc(C)cc1F. The van der Waals surface area contributed by atoms with Crippen molar-refractivity contribution in [2.45, 2.75) is 19.9 Å². The average molecular weight is 448 g/mol. The van der Waals surface area contributed by atoms with Crippen LogP contribution in [0, 0.1) is 23.2 Å². The standard InChI is InChI=1S/C16H16BrFIN/c1-9-6-10(2)15(14(18)7-9)16(20-3)12-8-11(19)4-5-13(12)17/h4-8,16,20H,1-3H3. The van der Waals surface area contributed by atoms with E-state index in [0.717, 1.165) is 24.7 Å². The molecule has 0 radical (unpaired) electrons. The van der Waals surface area contributed by atoms with Crippen molar-refractivity contribution >= 4 is 38.5 Å². The van der Waals surface area contributed by atoms with Gasteiger partial charge in [0, 0.05) is 13.6 Å². The number of aryl methyl sites for hydroxylation is 2. The molecule has 1 unspecified atom stereocenters. The van der Waals surface area contributed by atoms with Gasteiger partial charge in [0.15, 0.2) is 0 Å². The van der Waals surface area contributed by atoms with Gasteiger partial charge in [-0.2, -0.15) is 0 Å². The van der Waals surface area contributed by atoms with Crippen molar-refractivity contribution in [2.24, 2.45) is 0 Å². The van der Waals surface area contributed by atoms with E-state index in [1.165, 1.54) is 0 Å². The van der Waals surface area contributed by atoms with Gasteiger partial charge in [0.2, 0.25) is 0 Å². The molecule has 0 aliphatic carbocycles. The number of halogens is 3. The predicted molar refractivity (Wildman–Crippen MR) is 93.6 cm³/mol. The number of nitrogens with one attached hydrogen (secondary N) is 1. The fraction of sp³-hybridized carbons (Fsp3) is 0.250. The molecule has 0 saturated carbocycles. The Morgan fingerprint density at radius 3 is 2.50 bits per heavy atom. The summed E-state index contributed by atoms with van der Waals surface area (Å²) in [5.74, 6) is -0.160. The minimum Gasteiger partial charge on any atom is -0.309 e. The maximum atomic E-state index is 14.4. The molecule has 0 bridgehead atoms. The van der Waals surface area contributed by atoms with Crippen molar-refractivity contribution in [3.05, 3.63) is 66.4 Å². The first-order chi connectivity index (χ1) is 9.43. The van der Waals surface area contributed by atoms with Gasteiger partial charge < -0.3 is 5.32 Å². The molecule has 0 saturated heterocycles. The molecule has 0 spiro atoms. The first-order valence-corrected chi connectivity index (χ1v) is 8.20. The highest BCUT2D eigenvalue weighted by atomic mass is 127. The zero-order valence-electron chi connectivity index (χ0n) is 11.6. The smallest absolute Gasteiger partial charge is 0.128 e. The van der Waals surface area contributed by atoms with Gasteiger partial charge in [-0.15, -0.1) is 0 Å². The van der Waals surface area contributed by atoms with Crippen LogP contribution < -0.4 is 5.32 Å². The highest BCUT2D eigenvalue weighted by Crippen LogP contribution is 2.33. The minimum atomic E-state index is -0.167. The van der Waals surface area contributed by atoms with Crippen LogP contribution in [0.2, 0.25) is 0 Å². The molecular formula is C16H16BrFIN. The molecule has 20 heavy (non-hydrogen) atoms. The Labute approximate surface area is 141 Å². The molecule has 1 N–H and O–H groups in total. The molecule has 0 aromatic heterocycles. The van der Waals surface area contributed by atoms with Gasteiger partial charge in [0.05, 0.1) is 6.04 Å². The molecule has 2 aromatic carbocycles. The second kappa shape index (κ2) is 6.54. The van der Waals surface area contributed by atoms with E-state index in [1.807, 2.05) is 39.1 Å². The molecule has 2 rings (SSSR count). The third-order valence-corrected chi connectivity index (χ3v) is 4.72. The Morgan fingerprint density at radius 1 is 1.20 bits per heavy atom. The Bertz CT molecular complexity index is 619. The summed E-state index contributed by atoms with van der Waals surface area (Å²) < 4.78 is 16.5. The molecule has 0 heterocycles. The largest absolute Gasteiger partial charge is 0.309 e. The molecule has 4 heteroatoms. The Hall–Kier alpha value is -0.460. The van der Waals surface area contributed by atoms with Crippen molar-refractivity contribution in [1.29, 1.82) is 0 Å². The topological polar surface area (TPSA) is 12.0 Å². The second-order valence-electron chi connectivity index (χ2n) is 4.86. The quantitative estimate of drug-likeness (QED) is 0.644. The normalized spacial score (nSPS) is 12.5. The van der Waals surface area contributed by atoms with Gasteiger partial charge in [-0.25, -0.2) is 4.39 Å². The lowest BCUT2D eigenvalue weighted by Crippen LogP contribution is -2.21. The molecular weight excluding hydrogens is 432 g/mol. The number of rotatable bonds is 3. The van der Waals surface area contributed by atoms with E-state index >= 15 is 0 Å². The summed E-state index contributed by atoms with van der Waals surface area (Å²) in [5, 5.41) is 3.23. The van der Waals surface area contributed by atoms with Crippen molar-refractivity contribution in [1.82, 2.24) is 5.32 Å². The summed E-state index contributed by atoms with van der Waals surface area (Å²) in [4.78, 5) is 0. The van der Waals surface area contributed by atoms with Crippen LogP contribution in [0.1, 0.15) is 28.3 Å². The van der Waals surface area contributed by atoms with E-state index in [1.54, 1.807) is 6.07 Å². The van der Waals surface area contributed by atoms with Gasteiger partial charge in [0.1, 0.15) is 5.82 Å². The summed E-state index contributed by atoms with van der Waals surface area (Å²) in [6, 6.07) is 9.55. The predicted octanol–water partition coefficient (Wildman–Crippen LogP) is 5.12. The van der Waals surface area contributed by atoms with Gasteiger partial charge >= 0.3 is 0 Å². The van der Waals surface area contributed by atoms with E-state index in [2.05, 4.69) is 49.9 Å². The molecule has 2 aromatic rings. The van der Waals surface area contributed by atoms with Crippen LogP contribution in [-0.4, -0.2) is 7.05 Å². The number of hydrogen-bond acceptors (Lipinski definition) is 1. The summed E-state index contributed by atoms with van der Waals surface area (Å²) in [7, 11) is 1.86. The van der Waals surface area contributed by atoms with Crippen molar-refractivity contribution in [3.8, 4) is 0 Å². The molecule has 1 atom stereocenters. The van der Waals surface area contributed by atoms with Gasteiger partial charge in [-0.1, -0.05) is 22.0 Å². The van der Waals surface area contributed by atoms with Crippen LogP contribution in [0.15, 0.2) is 34.8 Å².